The van der Waals surface area contributed by atoms with Gasteiger partial charge in [-0.25, -0.2) is 0 Å². The van der Waals surface area contributed by atoms with E-state index in [1.807, 2.05) is 133 Å². The van der Waals surface area contributed by atoms with Crippen molar-refractivity contribution in [3.8, 4) is 0 Å². The lowest BCUT2D eigenvalue weighted by Crippen LogP contribution is -2.33. The number of rotatable bonds is 0. The first-order valence-electron chi connectivity index (χ1n) is 12.9. The molecule has 1 aromatic carbocycles. The maximum Gasteiger partial charge on any atom is 0.152 e. The minimum Gasteiger partial charge on any atom is -0.397 e. The van der Waals surface area contributed by atoms with Crippen LogP contribution in [0.4, 0.5) is 11.4 Å². The molecular formula is C13H18N2OS31. The lowest BCUT2D eigenvalue weighted by molar-refractivity contribution is -0.126. The maximum absolute atomic E-state index is 12.9. The van der Waals surface area contributed by atoms with Crippen molar-refractivity contribution >= 4 is 297 Å². The molecule has 0 aromatic heterocycles. The first-order chi connectivity index (χ1) is 25.1. The van der Waals surface area contributed by atoms with Crippen LogP contribution in [-0.4, -0.2) is 5.78 Å². The van der Waals surface area contributed by atoms with Crippen molar-refractivity contribution in [1.29, 1.82) is 0 Å². The topological polar surface area (TPSA) is 69.1 Å². The van der Waals surface area contributed by atoms with Gasteiger partial charge in [0, 0.05) is 299 Å². The summed E-state index contributed by atoms with van der Waals surface area (Å²) in [6.45, 7) is -3.08. The highest BCUT2D eigenvalue weighted by molar-refractivity contribution is 8.80. The highest BCUT2D eigenvalue weighted by Gasteiger charge is 2.50. The van der Waals surface area contributed by atoms with Gasteiger partial charge >= 0.3 is 0 Å². The van der Waals surface area contributed by atoms with E-state index < -0.39 is 30.3 Å². The summed E-state index contributed by atoms with van der Waals surface area (Å²) in [5, 5.41) is 0. The number of ketones is 1. The fourth-order valence-corrected chi connectivity index (χ4v) is 76.6. The summed E-state index contributed by atoms with van der Waals surface area (Å²) in [6.07, 6.45) is 0. The first-order valence-corrected chi connectivity index (χ1v) is 49.9. The number of hydrogen-bond acceptors (Lipinski definition) is 5. The summed E-state index contributed by atoms with van der Waals surface area (Å²) >= 11 is 9.58. The molecule has 0 spiro atoms. The van der Waals surface area contributed by atoms with E-state index >= 15 is 0 Å². The molecule has 0 radical (unpaired) electrons. The zero-order valence-electron chi connectivity index (χ0n) is 27.9. The molecule has 3 nitrogen and oxygen atoms in total. The van der Waals surface area contributed by atoms with Gasteiger partial charge < -0.3 is 11.5 Å². The molecule has 1 aliphatic carbocycles. The van der Waals surface area contributed by atoms with E-state index in [2.05, 4.69) is 0 Å². The van der Waals surface area contributed by atoms with Crippen molar-refractivity contribution in [3.63, 3.8) is 0 Å². The predicted octanol–water partition coefficient (Wildman–Crippen LogP) is 1.91. The Hall–Kier alpha value is 5.31. The van der Waals surface area contributed by atoms with Gasteiger partial charge in [0.2, 0.25) is 0 Å². The summed E-state index contributed by atoms with van der Waals surface area (Å²) < 4.78 is 46.7. The molecule has 0 bridgehead atoms. The molecule has 1 aromatic rings. The van der Waals surface area contributed by atoms with Gasteiger partial charge in [0.15, 0.2) is 5.78 Å². The number of carbonyl (C=O) groups is 1. The molecule has 1 aliphatic rings. The molecule has 0 saturated heterocycles. The highest BCUT2D eigenvalue weighted by Crippen LogP contribution is 2.48. The van der Waals surface area contributed by atoms with E-state index in [1.54, 1.807) is 107 Å². The Kier molecular flexibility index (Phi) is 27.9. The third kappa shape index (κ3) is 23.2. The van der Waals surface area contributed by atoms with E-state index in [4.69, 9.17) is 42.1 Å². The lowest BCUT2D eigenvalue weighted by Gasteiger charge is -2.21. The van der Waals surface area contributed by atoms with Gasteiger partial charge in [0.25, 0.3) is 0 Å². The average Bonchev–Trinajstić information content (AvgIpc) is 3.26. The third-order valence-electron chi connectivity index (χ3n) is 3.99. The van der Waals surface area contributed by atoms with Crippen LogP contribution in [0.15, 0.2) is 12.1 Å². The maximum atomic E-state index is 12.9. The Labute approximate surface area is 375 Å². The van der Waals surface area contributed by atoms with E-state index in [1.165, 1.54) is 43.7 Å². The second-order valence-electron chi connectivity index (χ2n) is 6.70. The average molecular weight is 1220 g/mol. The third-order valence-corrected chi connectivity index (χ3v) is 66.2. The molecule has 0 unspecified atom stereocenters. The quantitative estimate of drug-likeness (QED) is 0.390. The molecule has 0 heterocycles. The fourth-order valence-electron chi connectivity index (χ4n) is 2.48. The van der Waals surface area contributed by atoms with Crippen LogP contribution in [0.1, 0.15) is 46.9 Å². The monoisotopic (exact) mass is 1220 g/mol. The molecule has 34 heteroatoms. The Morgan fingerprint density at radius 1 is 0.468 bits per heavy atom. The van der Waals surface area contributed by atoms with Gasteiger partial charge in [-0.1, -0.05) is 0 Å². The summed E-state index contributed by atoms with van der Waals surface area (Å²) in [6, 6.07) is 2.62. The fraction of sp³-hybridized carbons (Fsp3) is 0.462. The van der Waals surface area contributed by atoms with Gasteiger partial charge in [0.1, 0.15) is 0 Å². The standard InChI is InChI=1S/C13H18N2O.S31/c1-12(2)7-5-9(14)10(15)6-8(7)13(3,4)11(12)16;1-3-5-7-9-11-13-15-17-19-21-23-25-27-29-31-30-28-26-24-22-20-18-16-14-12-10-8-6-4-2/h5-6H,14-15H2,1-4H3;/i1D3,2D3;. The van der Waals surface area contributed by atoms with Gasteiger partial charge in [0.05, 0.1) is 11.4 Å². The van der Waals surface area contributed by atoms with E-state index in [0.717, 1.165) is 0 Å². The van der Waals surface area contributed by atoms with Crippen LogP contribution in [0.5, 0.6) is 0 Å². The number of benzene rings is 1. The normalized spacial score (nSPS) is 14.6. The second kappa shape index (κ2) is 32.4. The van der Waals surface area contributed by atoms with E-state index in [0.29, 0.717) is 5.56 Å². The Bertz CT molecular complexity index is 2770. The minimum atomic E-state index is -3.04. The van der Waals surface area contributed by atoms with E-state index in [-0.39, 0.29) is 16.9 Å². The largest absolute Gasteiger partial charge is 0.397 e. The summed E-state index contributed by atoms with van der Waals surface area (Å²) in [7, 11) is 50.9. The number of nitrogen functional groups attached to an aromatic ring is 2. The van der Waals surface area contributed by atoms with Crippen LogP contribution >= 0.6 is 0 Å². The zero-order valence-corrected chi connectivity index (χ0v) is 47.2. The molecule has 47 heavy (non-hydrogen) atoms. The number of nitrogens with two attached hydrogens (primary N) is 2. The summed E-state index contributed by atoms with van der Waals surface area (Å²) in [5.74, 6) is -0.861. The number of fused-ring (bicyclic) bond motifs is 1. The van der Waals surface area contributed by atoms with Crippen LogP contribution in [0.2, 0.25) is 0 Å². The number of hydrogen-bond donors (Lipinski definition) is 2. The van der Waals surface area contributed by atoms with Crippen molar-refractivity contribution in [1.82, 2.24) is 0 Å². The molecule has 0 aliphatic heterocycles. The van der Waals surface area contributed by atoms with Crippen molar-refractivity contribution in [2.45, 2.75) is 38.4 Å². The summed E-state index contributed by atoms with van der Waals surface area (Å²) in [5.41, 5.74) is 8.08. The molecule has 4 N–H and O–H groups in total. The lowest BCUT2D eigenvalue weighted by atomic mass is 9.80. The number of Topliss-reactive ketones (excluding diaryl/α,β-unsaturated/α-hetero) is 1. The minimum absolute atomic E-state index is 0.0575. The molecule has 272 valence electrons. The van der Waals surface area contributed by atoms with E-state index in [9.17, 15) is 4.79 Å². The predicted molar refractivity (Wildman–Crippen MR) is 295 cm³/mol. The van der Waals surface area contributed by atoms with Crippen molar-refractivity contribution in [2.75, 3.05) is 11.5 Å². The van der Waals surface area contributed by atoms with Gasteiger partial charge in [-0.2, -0.15) is 0 Å². The van der Waals surface area contributed by atoms with Crippen molar-refractivity contribution in [2.24, 2.45) is 0 Å². The van der Waals surface area contributed by atoms with Crippen LogP contribution in [0.3, 0.4) is 0 Å². The second-order valence-corrected chi connectivity index (χ2v) is 58.0. The van der Waals surface area contributed by atoms with Crippen LogP contribution in [-0.2, 0) is 296 Å². The molecule has 0 atom stereocenters. The van der Waals surface area contributed by atoms with Gasteiger partial charge in [-0.3, -0.25) is 4.79 Å². The molecule has 0 saturated carbocycles. The molecular weight excluding hydrogens is 1190 g/mol. The zero-order chi connectivity index (χ0) is 39.8. The molecule has 2 rings (SSSR count). The number of carbonyl (C=O) groups excluding carboxylic acids is 1. The highest BCUT2D eigenvalue weighted by atomic mass is 33.5. The number of anilines is 2. The van der Waals surface area contributed by atoms with Gasteiger partial charge in [-0.05, 0) is 50.8 Å². The summed E-state index contributed by atoms with van der Waals surface area (Å²) in [4.78, 5) is 12.9. The van der Waals surface area contributed by atoms with Crippen molar-refractivity contribution < 1.29 is 13.0 Å². The Morgan fingerprint density at radius 3 is 0.894 bits per heavy atom. The Balaban J connectivity index is 0.000000558. The van der Waals surface area contributed by atoms with Crippen LogP contribution < -0.4 is 11.5 Å². The van der Waals surface area contributed by atoms with Crippen LogP contribution in [0.25, 0.3) is 0 Å². The Morgan fingerprint density at radius 2 is 0.681 bits per heavy atom. The van der Waals surface area contributed by atoms with Crippen molar-refractivity contribution in [3.05, 3.63) is 23.3 Å². The smallest absolute Gasteiger partial charge is 0.152 e. The molecule has 0 amide bonds. The van der Waals surface area contributed by atoms with Crippen LogP contribution in [0, 0.1) is 0 Å². The van der Waals surface area contributed by atoms with Gasteiger partial charge in [-0.15, -0.1) is 0 Å². The SMILES string of the molecule is S=S=S=S=S=S=S=S=S=S=S=S=S=S=S=S=S=S=S=S=S=S=S=S=S=S=S=S=S=S=S.[2H]C([2H])([2H])C1(C([2H])([2H])[2H])C(=O)C(C)(C)c2cc(N)c(N)cc21. The molecule has 0 fully saturated rings. The first kappa shape index (κ1) is 40.5.